The molecule has 3 rings (SSSR count). The average molecular weight is 342 g/mol. The number of aryl methyl sites for hydroxylation is 1. The number of carbonyl (C=O) groups is 1. The Kier molecular flexibility index (Phi) is 5.71. The molecular weight excluding hydrogens is 319 g/mol. The smallest absolute Gasteiger partial charge is 0.257 e. The first-order valence-corrected chi connectivity index (χ1v) is 8.72. The van der Waals surface area contributed by atoms with Crippen molar-refractivity contribution < 1.29 is 9.18 Å². The lowest BCUT2D eigenvalue weighted by atomic mass is 10.1. The number of carbonyl (C=O) groups excluding carboxylic acids is 1. The summed E-state index contributed by atoms with van der Waals surface area (Å²) in [7, 11) is 0. The van der Waals surface area contributed by atoms with Crippen LogP contribution in [0.4, 0.5) is 4.39 Å². The summed E-state index contributed by atoms with van der Waals surface area (Å²) in [6.45, 7) is 5.65. The molecule has 0 bridgehead atoms. The molecule has 1 aliphatic heterocycles. The maximum Gasteiger partial charge on any atom is 0.257 e. The van der Waals surface area contributed by atoms with E-state index in [1.807, 2.05) is 11.0 Å². The maximum absolute atomic E-state index is 13.3. The van der Waals surface area contributed by atoms with Crippen molar-refractivity contribution in [1.82, 2.24) is 19.8 Å². The molecule has 132 valence electrons. The number of rotatable bonds is 5. The van der Waals surface area contributed by atoms with E-state index in [4.69, 9.17) is 0 Å². The van der Waals surface area contributed by atoms with Crippen LogP contribution < -0.4 is 0 Å². The van der Waals surface area contributed by atoms with Crippen LogP contribution >= 0.6 is 0 Å². The minimum absolute atomic E-state index is 0.00876. The molecule has 1 amide bonds. The van der Waals surface area contributed by atoms with Crippen molar-refractivity contribution in [2.75, 3.05) is 26.2 Å². The Morgan fingerprint density at radius 1 is 1.24 bits per heavy atom. The van der Waals surface area contributed by atoms with E-state index in [0.717, 1.165) is 37.2 Å². The zero-order chi connectivity index (χ0) is 17.6. The molecule has 0 spiro atoms. The average Bonchev–Trinajstić information content (AvgIpc) is 2.63. The Morgan fingerprint density at radius 3 is 2.76 bits per heavy atom. The molecule has 1 aliphatic rings. The highest BCUT2D eigenvalue weighted by atomic mass is 19.1. The minimum Gasteiger partial charge on any atom is -0.336 e. The van der Waals surface area contributed by atoms with Gasteiger partial charge in [-0.1, -0.05) is 25.5 Å². The molecule has 2 aromatic rings. The largest absolute Gasteiger partial charge is 0.336 e. The second-order valence-electron chi connectivity index (χ2n) is 6.33. The lowest BCUT2D eigenvalue weighted by molar-refractivity contribution is 0.0626. The minimum atomic E-state index is -0.209. The molecule has 1 aromatic heterocycles. The second-order valence-corrected chi connectivity index (χ2v) is 6.33. The summed E-state index contributed by atoms with van der Waals surface area (Å²) < 4.78 is 13.3. The number of piperazine rings is 1. The van der Waals surface area contributed by atoms with Crippen LogP contribution in [0.25, 0.3) is 0 Å². The molecular formula is C19H23FN4O. The predicted molar refractivity (Wildman–Crippen MR) is 93.6 cm³/mol. The van der Waals surface area contributed by atoms with Gasteiger partial charge in [-0.15, -0.1) is 0 Å². The molecule has 1 fully saturated rings. The van der Waals surface area contributed by atoms with Crippen LogP contribution in [0.3, 0.4) is 0 Å². The van der Waals surface area contributed by atoms with E-state index >= 15 is 0 Å². The summed E-state index contributed by atoms with van der Waals surface area (Å²) >= 11 is 0. The highest BCUT2D eigenvalue weighted by Gasteiger charge is 2.24. The molecule has 0 N–H and O–H groups in total. The third kappa shape index (κ3) is 4.39. The molecule has 0 unspecified atom stereocenters. The van der Waals surface area contributed by atoms with Crippen molar-refractivity contribution in [2.45, 2.75) is 26.3 Å². The fraction of sp³-hybridized carbons (Fsp3) is 0.421. The first-order valence-electron chi connectivity index (χ1n) is 8.72. The van der Waals surface area contributed by atoms with Crippen LogP contribution in [0.1, 0.15) is 35.0 Å². The molecule has 1 saturated heterocycles. The molecule has 0 saturated carbocycles. The molecule has 0 radical (unpaired) electrons. The number of hydrogen-bond donors (Lipinski definition) is 0. The summed E-state index contributed by atoms with van der Waals surface area (Å²) in [5, 5.41) is 0. The van der Waals surface area contributed by atoms with E-state index in [1.54, 1.807) is 18.3 Å². The topological polar surface area (TPSA) is 49.3 Å². The van der Waals surface area contributed by atoms with Gasteiger partial charge in [-0.25, -0.2) is 14.4 Å². The summed E-state index contributed by atoms with van der Waals surface area (Å²) in [5.41, 5.74) is 2.40. The van der Waals surface area contributed by atoms with Crippen molar-refractivity contribution in [1.29, 1.82) is 0 Å². The first kappa shape index (κ1) is 17.5. The number of amides is 1. The molecule has 5 nitrogen and oxygen atoms in total. The zero-order valence-electron chi connectivity index (χ0n) is 14.5. The SMILES string of the molecule is CCCc1ncncc1C(=O)N1CCN(Cc2cccc(F)c2)CC1. The lowest BCUT2D eigenvalue weighted by Crippen LogP contribution is -2.48. The van der Waals surface area contributed by atoms with Gasteiger partial charge in [0.2, 0.25) is 0 Å². The van der Waals surface area contributed by atoms with Gasteiger partial charge in [-0.3, -0.25) is 9.69 Å². The standard InChI is InChI=1S/C19H23FN4O/c1-2-4-18-17(12-21-14-22-18)19(25)24-9-7-23(8-10-24)13-15-5-3-6-16(20)11-15/h3,5-6,11-12,14H,2,4,7-10,13H2,1H3. The number of aromatic nitrogens is 2. The van der Waals surface area contributed by atoms with Gasteiger partial charge in [0.15, 0.2) is 0 Å². The quantitative estimate of drug-likeness (QED) is 0.838. The Morgan fingerprint density at radius 2 is 2.04 bits per heavy atom. The van der Waals surface area contributed by atoms with Crippen molar-refractivity contribution in [3.63, 3.8) is 0 Å². The highest BCUT2D eigenvalue weighted by molar-refractivity contribution is 5.95. The van der Waals surface area contributed by atoms with Gasteiger partial charge in [0.25, 0.3) is 5.91 Å². The Hall–Kier alpha value is -2.34. The number of hydrogen-bond acceptors (Lipinski definition) is 4. The van der Waals surface area contributed by atoms with Gasteiger partial charge in [0, 0.05) is 38.9 Å². The Balaban J connectivity index is 1.59. The summed E-state index contributed by atoms with van der Waals surface area (Å²) in [6.07, 6.45) is 4.85. The molecule has 0 atom stereocenters. The van der Waals surface area contributed by atoms with E-state index in [1.165, 1.54) is 12.4 Å². The van der Waals surface area contributed by atoms with Crippen LogP contribution in [0.5, 0.6) is 0 Å². The highest BCUT2D eigenvalue weighted by Crippen LogP contribution is 2.14. The summed E-state index contributed by atoms with van der Waals surface area (Å²) in [4.78, 5) is 25.2. The van der Waals surface area contributed by atoms with Crippen molar-refractivity contribution in [3.05, 3.63) is 59.4 Å². The molecule has 25 heavy (non-hydrogen) atoms. The lowest BCUT2D eigenvalue weighted by Gasteiger charge is -2.35. The van der Waals surface area contributed by atoms with Crippen molar-refractivity contribution >= 4 is 5.91 Å². The van der Waals surface area contributed by atoms with Gasteiger partial charge in [0.05, 0.1) is 11.3 Å². The molecule has 1 aromatic carbocycles. The molecule has 0 aliphatic carbocycles. The van der Waals surface area contributed by atoms with E-state index in [-0.39, 0.29) is 11.7 Å². The predicted octanol–water partition coefficient (Wildman–Crippen LogP) is 2.53. The third-order valence-corrected chi connectivity index (χ3v) is 4.47. The van der Waals surface area contributed by atoms with Gasteiger partial charge in [-0.2, -0.15) is 0 Å². The van der Waals surface area contributed by atoms with Crippen LogP contribution in [0, 0.1) is 5.82 Å². The Bertz CT molecular complexity index is 729. The number of benzene rings is 1. The third-order valence-electron chi connectivity index (χ3n) is 4.47. The van der Waals surface area contributed by atoms with Crippen molar-refractivity contribution in [2.24, 2.45) is 0 Å². The van der Waals surface area contributed by atoms with Gasteiger partial charge < -0.3 is 4.90 Å². The molecule has 2 heterocycles. The summed E-state index contributed by atoms with van der Waals surface area (Å²) in [5.74, 6) is -0.201. The van der Waals surface area contributed by atoms with E-state index in [0.29, 0.717) is 25.2 Å². The van der Waals surface area contributed by atoms with Crippen LogP contribution in [0.2, 0.25) is 0 Å². The van der Waals surface area contributed by atoms with E-state index in [2.05, 4.69) is 21.8 Å². The summed E-state index contributed by atoms with van der Waals surface area (Å²) in [6, 6.07) is 6.68. The molecule has 6 heteroatoms. The van der Waals surface area contributed by atoms with Crippen LogP contribution in [-0.2, 0) is 13.0 Å². The van der Waals surface area contributed by atoms with Gasteiger partial charge in [0.1, 0.15) is 12.1 Å². The maximum atomic E-state index is 13.3. The Labute approximate surface area is 147 Å². The normalized spacial score (nSPS) is 15.4. The number of halogens is 1. The van der Waals surface area contributed by atoms with Crippen molar-refractivity contribution in [3.8, 4) is 0 Å². The monoisotopic (exact) mass is 342 g/mol. The van der Waals surface area contributed by atoms with Gasteiger partial charge >= 0.3 is 0 Å². The number of nitrogens with zero attached hydrogens (tertiary/aromatic N) is 4. The fourth-order valence-corrected chi connectivity index (χ4v) is 3.14. The second kappa shape index (κ2) is 8.16. The van der Waals surface area contributed by atoms with E-state index in [9.17, 15) is 9.18 Å². The first-order chi connectivity index (χ1) is 12.2. The van der Waals surface area contributed by atoms with Gasteiger partial charge in [-0.05, 0) is 24.1 Å². The van der Waals surface area contributed by atoms with E-state index < -0.39 is 0 Å². The fourth-order valence-electron chi connectivity index (χ4n) is 3.14. The zero-order valence-corrected chi connectivity index (χ0v) is 14.5. The van der Waals surface area contributed by atoms with Crippen LogP contribution in [0.15, 0.2) is 36.8 Å². The van der Waals surface area contributed by atoms with Crippen LogP contribution in [-0.4, -0.2) is 51.9 Å².